The molecule has 0 fully saturated rings. The second kappa shape index (κ2) is 7.88. The third-order valence-electron chi connectivity index (χ3n) is 3.91. The molecular weight excluding hydrogens is 294 g/mol. The maximum Gasteiger partial charge on any atom is 0.217 e. The Morgan fingerprint density at radius 1 is 1.55 bits per heavy atom. The van der Waals surface area contributed by atoms with Gasteiger partial charge in [0.05, 0.1) is 10.7 Å². The Labute approximate surface area is 137 Å². The normalized spacial score (nSPS) is 17.2. The van der Waals surface area contributed by atoms with Crippen molar-refractivity contribution in [2.75, 3.05) is 13.1 Å². The Hall–Kier alpha value is -1.20. The fourth-order valence-electron chi connectivity index (χ4n) is 3.07. The van der Waals surface area contributed by atoms with Crippen molar-refractivity contribution in [3.05, 3.63) is 27.2 Å². The average Bonchev–Trinajstić information content (AvgIpc) is 2.78. The second-order valence-electron chi connectivity index (χ2n) is 6.12. The molecule has 0 saturated heterocycles. The van der Waals surface area contributed by atoms with Crippen molar-refractivity contribution >= 4 is 17.2 Å². The monoisotopic (exact) mass is 321 g/mol. The van der Waals surface area contributed by atoms with E-state index in [9.17, 15) is 4.79 Å². The van der Waals surface area contributed by atoms with E-state index < -0.39 is 0 Å². The van der Waals surface area contributed by atoms with Crippen LogP contribution in [0.25, 0.3) is 0 Å². The van der Waals surface area contributed by atoms with E-state index in [2.05, 4.69) is 42.0 Å². The fraction of sp³-hybridized carbons (Fsp3) is 0.647. The van der Waals surface area contributed by atoms with Crippen molar-refractivity contribution in [1.29, 1.82) is 0 Å². The minimum absolute atomic E-state index is 0.0495. The summed E-state index contributed by atoms with van der Waals surface area (Å²) >= 11 is 1.83. The number of amides is 1. The topological polar surface area (TPSA) is 45.2 Å². The lowest BCUT2D eigenvalue weighted by Gasteiger charge is -2.28. The van der Waals surface area contributed by atoms with E-state index in [0.29, 0.717) is 0 Å². The van der Waals surface area contributed by atoms with Crippen LogP contribution >= 0.6 is 11.3 Å². The van der Waals surface area contributed by atoms with Gasteiger partial charge < -0.3 is 5.32 Å². The van der Waals surface area contributed by atoms with Crippen LogP contribution in [0.2, 0.25) is 0 Å². The van der Waals surface area contributed by atoms with Crippen LogP contribution in [0.1, 0.15) is 49.2 Å². The number of carbonyl (C=O) groups is 1. The molecule has 1 N–H and O–H groups in total. The Morgan fingerprint density at radius 3 is 3.00 bits per heavy atom. The van der Waals surface area contributed by atoms with Gasteiger partial charge in [0.15, 0.2) is 0 Å². The average molecular weight is 321 g/mol. The van der Waals surface area contributed by atoms with E-state index >= 15 is 0 Å². The Morgan fingerprint density at radius 2 is 2.32 bits per heavy atom. The third-order valence-corrected chi connectivity index (χ3v) is 4.91. The van der Waals surface area contributed by atoms with E-state index in [4.69, 9.17) is 0 Å². The smallest absolute Gasteiger partial charge is 0.217 e. The highest BCUT2D eigenvalue weighted by atomic mass is 32.1. The molecule has 1 amide bonds. The molecule has 0 aromatic carbocycles. The van der Waals surface area contributed by atoms with E-state index in [1.807, 2.05) is 11.3 Å². The summed E-state index contributed by atoms with van der Waals surface area (Å²) in [6, 6.07) is 0.209. The standard InChI is InChI=1S/C17H27N3OS/c1-5-16-17(22-14(4)19-16)11-20-8-6-7-15(10-20)9-12(2)18-13(3)21/h7,12H,5-6,8-11H2,1-4H3,(H,18,21)/t12-/m1/s1. The molecule has 1 aromatic rings. The van der Waals surface area contributed by atoms with Gasteiger partial charge in [-0.25, -0.2) is 4.98 Å². The molecule has 0 saturated carbocycles. The van der Waals surface area contributed by atoms with Crippen LogP contribution in [0.3, 0.4) is 0 Å². The first kappa shape index (κ1) is 17.2. The number of rotatable bonds is 6. The molecule has 0 aliphatic carbocycles. The zero-order valence-corrected chi connectivity index (χ0v) is 14.9. The van der Waals surface area contributed by atoms with Gasteiger partial charge in [0, 0.05) is 37.5 Å². The largest absolute Gasteiger partial charge is 0.354 e. The SMILES string of the molecule is CCc1nc(C)sc1CN1CCC=C(C[C@@H](C)NC(C)=O)C1. The molecule has 2 rings (SSSR count). The third kappa shape index (κ3) is 4.92. The molecule has 1 aliphatic heterocycles. The molecule has 0 unspecified atom stereocenters. The summed E-state index contributed by atoms with van der Waals surface area (Å²) in [7, 11) is 0. The summed E-state index contributed by atoms with van der Waals surface area (Å²) in [4.78, 5) is 19.7. The number of carbonyl (C=O) groups excluding carboxylic acids is 1. The Balaban J connectivity index is 1.92. The number of aryl methyl sites for hydroxylation is 2. The van der Waals surface area contributed by atoms with E-state index in [1.54, 1.807) is 6.92 Å². The molecule has 5 heteroatoms. The highest BCUT2D eigenvalue weighted by Gasteiger charge is 2.18. The van der Waals surface area contributed by atoms with Gasteiger partial charge in [-0.15, -0.1) is 11.3 Å². The van der Waals surface area contributed by atoms with Crippen molar-refractivity contribution in [2.24, 2.45) is 0 Å². The van der Waals surface area contributed by atoms with Crippen LogP contribution in [0.5, 0.6) is 0 Å². The van der Waals surface area contributed by atoms with Crippen LogP contribution in [0.15, 0.2) is 11.6 Å². The summed E-state index contributed by atoms with van der Waals surface area (Å²) in [5.41, 5.74) is 2.69. The van der Waals surface area contributed by atoms with Crippen molar-refractivity contribution in [2.45, 2.75) is 59.5 Å². The van der Waals surface area contributed by atoms with E-state index in [0.717, 1.165) is 38.9 Å². The Kier molecular flexibility index (Phi) is 6.15. The summed E-state index contributed by atoms with van der Waals surface area (Å²) in [6.07, 6.45) is 5.39. The predicted octanol–water partition coefficient (Wildman–Crippen LogP) is 3.06. The molecule has 1 aromatic heterocycles. The van der Waals surface area contributed by atoms with Gasteiger partial charge in [-0.2, -0.15) is 0 Å². The predicted molar refractivity (Wildman–Crippen MR) is 92.1 cm³/mol. The van der Waals surface area contributed by atoms with Gasteiger partial charge in [0.2, 0.25) is 5.91 Å². The first-order valence-electron chi connectivity index (χ1n) is 8.10. The summed E-state index contributed by atoms with van der Waals surface area (Å²) in [5.74, 6) is 0.0495. The summed E-state index contributed by atoms with van der Waals surface area (Å²) in [6.45, 7) is 11.0. The second-order valence-corrected chi connectivity index (χ2v) is 7.41. The summed E-state index contributed by atoms with van der Waals surface area (Å²) in [5, 5.41) is 4.14. The first-order chi connectivity index (χ1) is 10.5. The quantitative estimate of drug-likeness (QED) is 0.819. The maximum atomic E-state index is 11.1. The lowest BCUT2D eigenvalue weighted by molar-refractivity contribution is -0.119. The highest BCUT2D eigenvalue weighted by molar-refractivity contribution is 7.11. The van der Waals surface area contributed by atoms with Crippen LogP contribution in [-0.2, 0) is 17.8 Å². The van der Waals surface area contributed by atoms with E-state index in [1.165, 1.54) is 21.2 Å². The zero-order chi connectivity index (χ0) is 16.1. The van der Waals surface area contributed by atoms with Crippen LogP contribution in [0.4, 0.5) is 0 Å². The molecular formula is C17H27N3OS. The minimum Gasteiger partial charge on any atom is -0.354 e. The number of hydrogen-bond donors (Lipinski definition) is 1. The van der Waals surface area contributed by atoms with Crippen LogP contribution in [0, 0.1) is 6.92 Å². The van der Waals surface area contributed by atoms with Crippen molar-refractivity contribution in [3.63, 3.8) is 0 Å². The number of nitrogens with one attached hydrogen (secondary N) is 1. The van der Waals surface area contributed by atoms with Gasteiger partial charge in [-0.05, 0) is 33.1 Å². The van der Waals surface area contributed by atoms with Crippen LogP contribution < -0.4 is 5.32 Å². The van der Waals surface area contributed by atoms with Gasteiger partial charge in [-0.1, -0.05) is 18.6 Å². The van der Waals surface area contributed by atoms with Crippen molar-refractivity contribution in [1.82, 2.24) is 15.2 Å². The molecule has 0 spiro atoms. The van der Waals surface area contributed by atoms with Gasteiger partial charge in [0.25, 0.3) is 0 Å². The molecule has 1 aliphatic rings. The maximum absolute atomic E-state index is 11.1. The van der Waals surface area contributed by atoms with Gasteiger partial charge in [-0.3, -0.25) is 9.69 Å². The van der Waals surface area contributed by atoms with Gasteiger partial charge in [0.1, 0.15) is 0 Å². The zero-order valence-electron chi connectivity index (χ0n) is 14.1. The lowest BCUT2D eigenvalue weighted by atomic mass is 10.0. The van der Waals surface area contributed by atoms with E-state index in [-0.39, 0.29) is 11.9 Å². The number of hydrogen-bond acceptors (Lipinski definition) is 4. The molecule has 1 atom stereocenters. The molecule has 22 heavy (non-hydrogen) atoms. The molecule has 122 valence electrons. The number of nitrogens with zero attached hydrogens (tertiary/aromatic N) is 2. The Bertz CT molecular complexity index is 550. The first-order valence-corrected chi connectivity index (χ1v) is 8.92. The number of thiazole rings is 1. The van der Waals surface area contributed by atoms with Crippen molar-refractivity contribution in [3.8, 4) is 0 Å². The highest BCUT2D eigenvalue weighted by Crippen LogP contribution is 2.23. The lowest BCUT2D eigenvalue weighted by Crippen LogP contribution is -2.34. The molecule has 0 radical (unpaired) electrons. The fourth-order valence-corrected chi connectivity index (χ4v) is 4.14. The molecule has 2 heterocycles. The van der Waals surface area contributed by atoms with Crippen LogP contribution in [-0.4, -0.2) is 34.9 Å². The van der Waals surface area contributed by atoms with Gasteiger partial charge >= 0.3 is 0 Å². The van der Waals surface area contributed by atoms with Crippen molar-refractivity contribution < 1.29 is 4.79 Å². The molecule has 4 nitrogen and oxygen atoms in total. The molecule has 0 bridgehead atoms. The summed E-state index contributed by atoms with van der Waals surface area (Å²) < 4.78 is 0. The number of aromatic nitrogens is 1. The minimum atomic E-state index is 0.0495.